The third-order valence-corrected chi connectivity index (χ3v) is 4.98. The SMILES string of the molecule is COCCN(C)CCNC1CCCc2sc(Cl)cc21. The highest BCUT2D eigenvalue weighted by Crippen LogP contribution is 2.37. The second-order valence-electron chi connectivity index (χ2n) is 5.12. The number of hydrogen-bond donors (Lipinski definition) is 1. The van der Waals surface area contributed by atoms with Gasteiger partial charge < -0.3 is 15.0 Å². The van der Waals surface area contributed by atoms with Crippen LogP contribution in [0, 0.1) is 0 Å². The van der Waals surface area contributed by atoms with Gasteiger partial charge in [-0.3, -0.25) is 0 Å². The van der Waals surface area contributed by atoms with E-state index in [0.717, 1.165) is 30.6 Å². The molecule has 0 aromatic carbocycles. The average Bonchev–Trinajstić information content (AvgIpc) is 2.77. The Balaban J connectivity index is 1.78. The number of nitrogens with one attached hydrogen (secondary N) is 1. The molecule has 19 heavy (non-hydrogen) atoms. The third-order valence-electron chi connectivity index (χ3n) is 3.65. The fraction of sp³-hybridized carbons (Fsp3) is 0.714. The van der Waals surface area contributed by atoms with E-state index in [1.54, 1.807) is 18.4 Å². The Morgan fingerprint density at radius 3 is 3.16 bits per heavy atom. The zero-order chi connectivity index (χ0) is 13.7. The molecule has 0 bridgehead atoms. The molecule has 1 aromatic heterocycles. The van der Waals surface area contributed by atoms with E-state index in [1.165, 1.54) is 29.7 Å². The van der Waals surface area contributed by atoms with Crippen molar-refractivity contribution in [3.05, 3.63) is 20.8 Å². The third kappa shape index (κ3) is 4.43. The Hall–Kier alpha value is -0.130. The highest BCUT2D eigenvalue weighted by molar-refractivity contribution is 7.16. The lowest BCUT2D eigenvalue weighted by Crippen LogP contribution is -2.34. The van der Waals surface area contributed by atoms with Crippen molar-refractivity contribution >= 4 is 22.9 Å². The van der Waals surface area contributed by atoms with Crippen LogP contribution in [-0.2, 0) is 11.2 Å². The molecule has 0 saturated heterocycles. The van der Waals surface area contributed by atoms with E-state index in [9.17, 15) is 0 Å². The number of ether oxygens (including phenoxy) is 1. The summed E-state index contributed by atoms with van der Waals surface area (Å²) in [5, 5.41) is 3.66. The van der Waals surface area contributed by atoms with Crippen LogP contribution < -0.4 is 5.32 Å². The molecule has 0 fully saturated rings. The highest BCUT2D eigenvalue weighted by atomic mass is 35.5. The van der Waals surface area contributed by atoms with E-state index in [-0.39, 0.29) is 0 Å². The van der Waals surface area contributed by atoms with Crippen molar-refractivity contribution in [2.24, 2.45) is 0 Å². The number of thiophene rings is 1. The first-order valence-electron chi connectivity index (χ1n) is 6.89. The predicted molar refractivity (Wildman–Crippen MR) is 82.4 cm³/mol. The topological polar surface area (TPSA) is 24.5 Å². The lowest BCUT2D eigenvalue weighted by atomic mass is 9.94. The van der Waals surface area contributed by atoms with E-state index < -0.39 is 0 Å². The van der Waals surface area contributed by atoms with Crippen molar-refractivity contribution in [1.29, 1.82) is 0 Å². The fourth-order valence-electron chi connectivity index (χ4n) is 2.52. The lowest BCUT2D eigenvalue weighted by molar-refractivity contribution is 0.161. The van der Waals surface area contributed by atoms with Gasteiger partial charge in [-0.25, -0.2) is 0 Å². The number of nitrogens with zero attached hydrogens (tertiary/aromatic N) is 1. The molecule has 2 rings (SSSR count). The summed E-state index contributed by atoms with van der Waals surface area (Å²) >= 11 is 7.87. The fourth-order valence-corrected chi connectivity index (χ4v) is 3.91. The van der Waals surface area contributed by atoms with Crippen molar-refractivity contribution in [2.75, 3.05) is 40.4 Å². The predicted octanol–water partition coefficient (Wildman–Crippen LogP) is 2.95. The molecule has 0 amide bonds. The number of aryl methyl sites for hydroxylation is 1. The standard InChI is InChI=1S/C14H23ClN2OS/c1-17(8-9-18-2)7-6-16-12-4-3-5-13-11(12)10-14(15)19-13/h10,12,16H,3-9H2,1-2H3. The van der Waals surface area contributed by atoms with E-state index in [0.29, 0.717) is 6.04 Å². The molecule has 0 saturated carbocycles. The van der Waals surface area contributed by atoms with Gasteiger partial charge >= 0.3 is 0 Å². The van der Waals surface area contributed by atoms with Crippen molar-refractivity contribution in [3.63, 3.8) is 0 Å². The van der Waals surface area contributed by atoms with Crippen LogP contribution in [0.1, 0.15) is 29.3 Å². The molecule has 0 spiro atoms. The van der Waals surface area contributed by atoms with Crippen LogP contribution in [0.25, 0.3) is 0 Å². The van der Waals surface area contributed by atoms with Gasteiger partial charge in [-0.2, -0.15) is 0 Å². The minimum absolute atomic E-state index is 0.489. The maximum absolute atomic E-state index is 6.13. The monoisotopic (exact) mass is 302 g/mol. The molecule has 1 heterocycles. The van der Waals surface area contributed by atoms with Gasteiger partial charge in [-0.15, -0.1) is 11.3 Å². The Bertz CT molecular complexity index is 397. The number of likely N-dealkylation sites (N-methyl/N-ethyl adjacent to an activating group) is 1. The van der Waals surface area contributed by atoms with Gasteiger partial charge in [0.05, 0.1) is 10.9 Å². The molecule has 5 heteroatoms. The number of fused-ring (bicyclic) bond motifs is 1. The van der Waals surface area contributed by atoms with E-state index >= 15 is 0 Å². The van der Waals surface area contributed by atoms with Crippen molar-refractivity contribution in [1.82, 2.24) is 10.2 Å². The van der Waals surface area contributed by atoms with Gasteiger partial charge in [0.2, 0.25) is 0 Å². The number of methoxy groups -OCH3 is 1. The minimum atomic E-state index is 0.489. The van der Waals surface area contributed by atoms with Gasteiger partial charge in [0.15, 0.2) is 0 Å². The molecule has 1 N–H and O–H groups in total. The van der Waals surface area contributed by atoms with E-state index in [4.69, 9.17) is 16.3 Å². The Kier molecular flexibility index (Phi) is 6.10. The summed E-state index contributed by atoms with van der Waals surface area (Å²) in [5.41, 5.74) is 1.43. The van der Waals surface area contributed by atoms with Crippen LogP contribution in [0.15, 0.2) is 6.07 Å². The summed E-state index contributed by atoms with van der Waals surface area (Å²) in [5.74, 6) is 0. The summed E-state index contributed by atoms with van der Waals surface area (Å²) in [6.07, 6.45) is 3.68. The van der Waals surface area contributed by atoms with Crippen LogP contribution in [0.3, 0.4) is 0 Å². The smallest absolute Gasteiger partial charge is 0.0934 e. The Morgan fingerprint density at radius 2 is 2.37 bits per heavy atom. The summed E-state index contributed by atoms with van der Waals surface area (Å²) in [6, 6.07) is 2.64. The Morgan fingerprint density at radius 1 is 1.53 bits per heavy atom. The summed E-state index contributed by atoms with van der Waals surface area (Å²) in [6.45, 7) is 3.84. The van der Waals surface area contributed by atoms with Crippen LogP contribution in [-0.4, -0.2) is 45.3 Å². The average molecular weight is 303 g/mol. The first-order chi connectivity index (χ1) is 9.20. The molecule has 0 aliphatic heterocycles. The van der Waals surface area contributed by atoms with Crippen LogP contribution in [0.5, 0.6) is 0 Å². The molecule has 3 nitrogen and oxygen atoms in total. The van der Waals surface area contributed by atoms with Crippen molar-refractivity contribution < 1.29 is 4.74 Å². The first-order valence-corrected chi connectivity index (χ1v) is 8.09. The van der Waals surface area contributed by atoms with E-state index in [2.05, 4.69) is 23.3 Å². The van der Waals surface area contributed by atoms with E-state index in [1.807, 2.05) is 0 Å². The van der Waals surface area contributed by atoms with Crippen LogP contribution >= 0.6 is 22.9 Å². The van der Waals surface area contributed by atoms with Gasteiger partial charge in [0.25, 0.3) is 0 Å². The zero-order valence-corrected chi connectivity index (χ0v) is 13.3. The van der Waals surface area contributed by atoms with Crippen molar-refractivity contribution in [2.45, 2.75) is 25.3 Å². The van der Waals surface area contributed by atoms with Gasteiger partial charge in [0.1, 0.15) is 0 Å². The molecule has 0 radical (unpaired) electrons. The van der Waals surface area contributed by atoms with Gasteiger partial charge in [-0.05, 0) is 37.9 Å². The largest absolute Gasteiger partial charge is 0.383 e. The molecule has 1 aliphatic rings. The van der Waals surface area contributed by atoms with Gasteiger partial charge in [-0.1, -0.05) is 11.6 Å². The molecule has 1 unspecified atom stereocenters. The quantitative estimate of drug-likeness (QED) is 0.838. The van der Waals surface area contributed by atoms with Crippen molar-refractivity contribution in [3.8, 4) is 0 Å². The molecule has 108 valence electrons. The maximum atomic E-state index is 6.13. The molecular formula is C14H23ClN2OS. The first kappa shape index (κ1) is 15.3. The highest BCUT2D eigenvalue weighted by Gasteiger charge is 2.22. The number of halogens is 1. The lowest BCUT2D eigenvalue weighted by Gasteiger charge is -2.25. The second kappa shape index (κ2) is 7.60. The zero-order valence-electron chi connectivity index (χ0n) is 11.7. The number of hydrogen-bond acceptors (Lipinski definition) is 4. The molecule has 1 aromatic rings. The second-order valence-corrected chi connectivity index (χ2v) is 6.89. The minimum Gasteiger partial charge on any atom is -0.383 e. The van der Waals surface area contributed by atoms with Crippen LogP contribution in [0.4, 0.5) is 0 Å². The molecular weight excluding hydrogens is 280 g/mol. The number of rotatable bonds is 7. The molecule has 1 aliphatic carbocycles. The molecule has 1 atom stereocenters. The maximum Gasteiger partial charge on any atom is 0.0934 e. The normalized spacial score (nSPS) is 18.8. The summed E-state index contributed by atoms with van der Waals surface area (Å²) in [4.78, 5) is 3.77. The van der Waals surface area contributed by atoms with Crippen LogP contribution in [0.2, 0.25) is 4.34 Å². The summed E-state index contributed by atoms with van der Waals surface area (Å²) in [7, 11) is 3.88. The Labute approximate surface area is 124 Å². The van der Waals surface area contributed by atoms with Gasteiger partial charge in [0, 0.05) is 37.7 Å². The summed E-state index contributed by atoms with van der Waals surface area (Å²) < 4.78 is 6.01.